The summed E-state index contributed by atoms with van der Waals surface area (Å²) in [4.78, 5) is 10.8. The molecule has 0 saturated heterocycles. The number of hydrogen-bond acceptors (Lipinski definition) is 2. The van der Waals surface area contributed by atoms with Crippen LogP contribution in [0.2, 0.25) is 0 Å². The van der Waals surface area contributed by atoms with Gasteiger partial charge in [-0.05, 0) is 24.3 Å². The van der Waals surface area contributed by atoms with E-state index in [4.69, 9.17) is 9.84 Å². The molecule has 2 aromatic rings. The molecule has 1 heterocycles. The van der Waals surface area contributed by atoms with E-state index in [9.17, 15) is 4.79 Å². The summed E-state index contributed by atoms with van der Waals surface area (Å²) in [5.41, 5.74) is 1.09. The molecule has 0 radical (unpaired) electrons. The summed E-state index contributed by atoms with van der Waals surface area (Å²) in [7, 11) is 1.72. The summed E-state index contributed by atoms with van der Waals surface area (Å²) >= 11 is 0. The maximum Gasteiger partial charge on any atom is 0.352 e. The van der Waals surface area contributed by atoms with E-state index in [1.165, 1.54) is 0 Å². The quantitative estimate of drug-likeness (QED) is 0.878. The number of ether oxygens (including phenoxy) is 1. The van der Waals surface area contributed by atoms with Crippen LogP contribution in [0.25, 0.3) is 0 Å². The fraction of sp³-hybridized carbons (Fsp3) is 0.154. The minimum absolute atomic E-state index is 0.261. The summed E-state index contributed by atoms with van der Waals surface area (Å²) in [6.45, 7) is 0.355. The van der Waals surface area contributed by atoms with Gasteiger partial charge >= 0.3 is 5.97 Å². The molecule has 2 rings (SSSR count). The Labute approximate surface area is 99.1 Å². The van der Waals surface area contributed by atoms with Crippen molar-refractivity contribution in [1.82, 2.24) is 4.57 Å². The van der Waals surface area contributed by atoms with Gasteiger partial charge in [-0.1, -0.05) is 18.2 Å². The molecule has 0 unspecified atom stereocenters. The third-order valence-corrected chi connectivity index (χ3v) is 2.57. The lowest BCUT2D eigenvalue weighted by Crippen LogP contribution is -2.08. The molecule has 0 atom stereocenters. The van der Waals surface area contributed by atoms with Gasteiger partial charge in [0, 0.05) is 7.05 Å². The molecule has 4 heteroatoms. The van der Waals surface area contributed by atoms with Crippen molar-refractivity contribution in [1.29, 1.82) is 0 Å². The third kappa shape index (κ3) is 2.47. The van der Waals surface area contributed by atoms with Crippen LogP contribution in [0.15, 0.2) is 42.5 Å². The Balaban J connectivity index is 2.07. The highest BCUT2D eigenvalue weighted by atomic mass is 16.5. The van der Waals surface area contributed by atoms with Crippen LogP contribution in [0.1, 0.15) is 16.2 Å². The van der Waals surface area contributed by atoms with Crippen LogP contribution in [0.4, 0.5) is 0 Å². The van der Waals surface area contributed by atoms with Crippen LogP contribution in [-0.2, 0) is 13.7 Å². The molecular weight excluding hydrogens is 218 g/mol. The van der Waals surface area contributed by atoms with Crippen molar-refractivity contribution in [2.75, 3.05) is 0 Å². The number of para-hydroxylation sites is 1. The van der Waals surface area contributed by atoms with Gasteiger partial charge in [-0.2, -0.15) is 0 Å². The average molecular weight is 231 g/mol. The Hall–Kier alpha value is -2.23. The molecule has 1 aromatic carbocycles. The predicted octanol–water partition coefficient (Wildman–Crippen LogP) is 2.30. The van der Waals surface area contributed by atoms with E-state index in [-0.39, 0.29) is 5.69 Å². The van der Waals surface area contributed by atoms with Gasteiger partial charge in [0.2, 0.25) is 0 Å². The lowest BCUT2D eigenvalue weighted by Gasteiger charge is -2.07. The number of carboxylic acid groups (broad SMARTS) is 1. The smallest absolute Gasteiger partial charge is 0.352 e. The molecule has 0 aliphatic carbocycles. The number of hydrogen-bond donors (Lipinski definition) is 1. The highest BCUT2D eigenvalue weighted by Crippen LogP contribution is 2.13. The maximum atomic E-state index is 10.8. The van der Waals surface area contributed by atoms with Crippen molar-refractivity contribution in [2.45, 2.75) is 6.61 Å². The zero-order chi connectivity index (χ0) is 12.3. The van der Waals surface area contributed by atoms with Crippen molar-refractivity contribution in [2.24, 2.45) is 7.05 Å². The second-order valence-electron chi connectivity index (χ2n) is 3.68. The van der Waals surface area contributed by atoms with E-state index < -0.39 is 5.97 Å². The van der Waals surface area contributed by atoms with Gasteiger partial charge < -0.3 is 14.4 Å². The van der Waals surface area contributed by atoms with Crippen LogP contribution in [0.5, 0.6) is 5.75 Å². The van der Waals surface area contributed by atoms with E-state index in [0.717, 1.165) is 11.4 Å². The fourth-order valence-electron chi connectivity index (χ4n) is 1.59. The Morgan fingerprint density at radius 3 is 2.53 bits per heavy atom. The second-order valence-corrected chi connectivity index (χ2v) is 3.68. The number of aromatic carboxylic acids is 1. The first-order chi connectivity index (χ1) is 8.18. The number of benzene rings is 1. The maximum absolute atomic E-state index is 10.8. The number of aromatic nitrogens is 1. The molecule has 1 aromatic heterocycles. The molecule has 88 valence electrons. The summed E-state index contributed by atoms with van der Waals surface area (Å²) in [6, 6.07) is 12.8. The zero-order valence-corrected chi connectivity index (χ0v) is 9.46. The Kier molecular flexibility index (Phi) is 3.14. The summed E-state index contributed by atoms with van der Waals surface area (Å²) in [6.07, 6.45) is 0. The van der Waals surface area contributed by atoms with Gasteiger partial charge in [-0.3, -0.25) is 0 Å². The Bertz CT molecular complexity index is 517. The van der Waals surface area contributed by atoms with Gasteiger partial charge in [0.15, 0.2) is 0 Å². The molecule has 17 heavy (non-hydrogen) atoms. The van der Waals surface area contributed by atoms with Gasteiger partial charge in [-0.25, -0.2) is 4.79 Å². The van der Waals surface area contributed by atoms with Crippen LogP contribution >= 0.6 is 0 Å². The number of nitrogens with zero attached hydrogens (tertiary/aromatic N) is 1. The molecule has 0 saturated carbocycles. The first kappa shape index (κ1) is 11.3. The van der Waals surface area contributed by atoms with Gasteiger partial charge in [0.25, 0.3) is 0 Å². The highest BCUT2D eigenvalue weighted by molar-refractivity contribution is 5.86. The zero-order valence-electron chi connectivity index (χ0n) is 9.46. The van der Waals surface area contributed by atoms with Gasteiger partial charge in [-0.15, -0.1) is 0 Å². The number of rotatable bonds is 4. The van der Waals surface area contributed by atoms with E-state index in [1.807, 2.05) is 30.3 Å². The molecule has 0 amide bonds. The van der Waals surface area contributed by atoms with Crippen LogP contribution in [0.3, 0.4) is 0 Å². The number of carboxylic acids is 1. The Morgan fingerprint density at radius 2 is 1.94 bits per heavy atom. The van der Waals surface area contributed by atoms with Crippen LogP contribution < -0.4 is 4.74 Å². The summed E-state index contributed by atoms with van der Waals surface area (Å²) in [5, 5.41) is 8.90. The van der Waals surface area contributed by atoms with Gasteiger partial charge in [0.1, 0.15) is 18.1 Å². The highest BCUT2D eigenvalue weighted by Gasteiger charge is 2.10. The van der Waals surface area contributed by atoms with E-state index in [0.29, 0.717) is 6.61 Å². The SMILES string of the molecule is Cn1c(COc2ccccc2)ccc1C(=O)O. The Morgan fingerprint density at radius 1 is 1.24 bits per heavy atom. The van der Waals surface area contributed by atoms with Crippen molar-refractivity contribution >= 4 is 5.97 Å². The lowest BCUT2D eigenvalue weighted by atomic mass is 10.3. The minimum Gasteiger partial charge on any atom is -0.487 e. The minimum atomic E-state index is -0.932. The van der Waals surface area contributed by atoms with E-state index >= 15 is 0 Å². The summed E-state index contributed by atoms with van der Waals surface area (Å²) in [5.74, 6) is -0.163. The lowest BCUT2D eigenvalue weighted by molar-refractivity contribution is 0.0686. The van der Waals surface area contributed by atoms with Crippen molar-refractivity contribution in [3.63, 3.8) is 0 Å². The first-order valence-corrected chi connectivity index (χ1v) is 5.24. The first-order valence-electron chi connectivity index (χ1n) is 5.24. The third-order valence-electron chi connectivity index (χ3n) is 2.57. The van der Waals surface area contributed by atoms with Crippen molar-refractivity contribution in [3.05, 3.63) is 53.9 Å². The standard InChI is InChI=1S/C13H13NO3/c1-14-10(7-8-12(14)13(15)16)9-17-11-5-3-2-4-6-11/h2-8H,9H2,1H3,(H,15,16). The molecule has 0 bridgehead atoms. The largest absolute Gasteiger partial charge is 0.487 e. The number of carbonyl (C=O) groups is 1. The summed E-state index contributed by atoms with van der Waals surface area (Å²) < 4.78 is 7.17. The van der Waals surface area contributed by atoms with Crippen molar-refractivity contribution in [3.8, 4) is 5.75 Å². The van der Waals surface area contributed by atoms with Crippen LogP contribution in [0, 0.1) is 0 Å². The van der Waals surface area contributed by atoms with Crippen LogP contribution in [-0.4, -0.2) is 15.6 Å². The molecule has 0 aliphatic rings. The molecule has 0 aliphatic heterocycles. The monoisotopic (exact) mass is 231 g/mol. The van der Waals surface area contributed by atoms with Gasteiger partial charge in [0.05, 0.1) is 5.69 Å². The van der Waals surface area contributed by atoms with E-state index in [2.05, 4.69) is 0 Å². The molecule has 4 nitrogen and oxygen atoms in total. The fourth-order valence-corrected chi connectivity index (χ4v) is 1.59. The molecular formula is C13H13NO3. The van der Waals surface area contributed by atoms with E-state index in [1.54, 1.807) is 23.7 Å². The topological polar surface area (TPSA) is 51.5 Å². The predicted molar refractivity (Wildman–Crippen MR) is 63.1 cm³/mol. The molecule has 0 fully saturated rings. The molecule has 0 spiro atoms. The van der Waals surface area contributed by atoms with Crippen molar-refractivity contribution < 1.29 is 14.6 Å². The second kappa shape index (κ2) is 4.74. The molecule has 1 N–H and O–H groups in total. The normalized spacial score (nSPS) is 10.2. The average Bonchev–Trinajstić information content (AvgIpc) is 2.69.